The molecule has 0 unspecified atom stereocenters. The van der Waals surface area contributed by atoms with E-state index in [4.69, 9.17) is 4.74 Å². The lowest BCUT2D eigenvalue weighted by molar-refractivity contribution is -0.124. The van der Waals surface area contributed by atoms with E-state index in [1.807, 2.05) is 85.8 Å². The minimum Gasteiger partial charge on any atom is -0.457 e. The van der Waals surface area contributed by atoms with Crippen molar-refractivity contribution in [3.63, 3.8) is 0 Å². The first kappa shape index (κ1) is 20.8. The molecule has 0 aliphatic heterocycles. The molecule has 0 radical (unpaired) electrons. The Morgan fingerprint density at radius 2 is 1.57 bits per heavy atom. The van der Waals surface area contributed by atoms with Crippen molar-refractivity contribution in [1.82, 2.24) is 5.43 Å². The van der Waals surface area contributed by atoms with Gasteiger partial charge in [0.05, 0.1) is 6.21 Å². The average Bonchev–Trinajstić information content (AvgIpc) is 2.75. The highest BCUT2D eigenvalue weighted by atomic mass is 16.5. The Balaban J connectivity index is 1.43. The second-order valence-electron chi connectivity index (χ2n) is 6.69. The number of carbonyl (C=O) groups excluding carboxylic acids is 2. The summed E-state index contributed by atoms with van der Waals surface area (Å²) in [6, 6.07) is 24.3. The summed E-state index contributed by atoms with van der Waals surface area (Å²) in [5, 5.41) is 6.71. The molecule has 0 aliphatic carbocycles. The summed E-state index contributed by atoms with van der Waals surface area (Å²) >= 11 is 0. The van der Waals surface area contributed by atoms with Crippen LogP contribution in [-0.2, 0) is 9.59 Å². The summed E-state index contributed by atoms with van der Waals surface area (Å²) in [6.45, 7) is 1.98. The fraction of sp³-hybridized carbons (Fsp3) is 0.125. The van der Waals surface area contributed by atoms with Crippen LogP contribution in [0.3, 0.4) is 0 Å². The zero-order valence-electron chi connectivity index (χ0n) is 16.7. The van der Waals surface area contributed by atoms with E-state index in [1.54, 1.807) is 0 Å². The molecule has 3 rings (SSSR count). The Labute approximate surface area is 175 Å². The van der Waals surface area contributed by atoms with Crippen LogP contribution in [0.15, 0.2) is 84.0 Å². The maximum Gasteiger partial charge on any atom is 0.240 e. The van der Waals surface area contributed by atoms with Crippen LogP contribution in [0.1, 0.15) is 24.0 Å². The van der Waals surface area contributed by atoms with Gasteiger partial charge in [-0.2, -0.15) is 5.10 Å². The number of rotatable bonds is 8. The van der Waals surface area contributed by atoms with E-state index in [1.165, 1.54) is 6.21 Å². The number of benzene rings is 3. The molecule has 0 atom stereocenters. The maximum absolute atomic E-state index is 11.9. The minimum absolute atomic E-state index is 0.0478. The summed E-state index contributed by atoms with van der Waals surface area (Å²) in [5.41, 5.74) is 5.04. The summed E-state index contributed by atoms with van der Waals surface area (Å²) in [7, 11) is 0. The van der Waals surface area contributed by atoms with E-state index < -0.39 is 0 Å². The third-order valence-corrected chi connectivity index (χ3v) is 4.15. The van der Waals surface area contributed by atoms with Gasteiger partial charge in [0.25, 0.3) is 0 Å². The third-order valence-electron chi connectivity index (χ3n) is 4.15. The van der Waals surface area contributed by atoms with Gasteiger partial charge in [0, 0.05) is 18.5 Å². The Hall–Kier alpha value is -3.93. The van der Waals surface area contributed by atoms with Crippen LogP contribution < -0.4 is 15.5 Å². The molecule has 0 aliphatic rings. The zero-order chi connectivity index (χ0) is 21.2. The Morgan fingerprint density at radius 3 is 2.33 bits per heavy atom. The summed E-state index contributed by atoms with van der Waals surface area (Å²) in [4.78, 5) is 23.9. The van der Waals surface area contributed by atoms with Gasteiger partial charge in [-0.3, -0.25) is 9.59 Å². The van der Waals surface area contributed by atoms with Crippen molar-refractivity contribution in [2.45, 2.75) is 19.8 Å². The van der Waals surface area contributed by atoms with Crippen molar-refractivity contribution in [3.05, 3.63) is 90.0 Å². The zero-order valence-corrected chi connectivity index (χ0v) is 16.7. The Kier molecular flexibility index (Phi) is 7.33. The number of ether oxygens (including phenoxy) is 1. The maximum atomic E-state index is 11.9. The third kappa shape index (κ3) is 6.91. The standard InChI is InChI=1S/C24H23N3O3/c1-18-10-12-20(13-11-18)26-23(28)14-15-24(29)27-25-17-19-6-5-9-22(16-19)30-21-7-3-2-4-8-21/h2-13,16-17H,14-15H2,1H3,(H,26,28)(H,27,29). The Morgan fingerprint density at radius 1 is 0.867 bits per heavy atom. The number of hydrazone groups is 1. The topological polar surface area (TPSA) is 79.8 Å². The smallest absolute Gasteiger partial charge is 0.240 e. The largest absolute Gasteiger partial charge is 0.457 e. The number of hydrogen-bond acceptors (Lipinski definition) is 4. The second kappa shape index (κ2) is 10.6. The summed E-state index contributed by atoms with van der Waals surface area (Å²) in [6.07, 6.45) is 1.66. The number of aryl methyl sites for hydroxylation is 1. The van der Waals surface area contributed by atoms with Crippen LogP contribution in [0.4, 0.5) is 5.69 Å². The van der Waals surface area contributed by atoms with Crippen molar-refractivity contribution in [1.29, 1.82) is 0 Å². The molecule has 0 saturated heterocycles. The minimum atomic E-state index is -0.331. The lowest BCUT2D eigenvalue weighted by Gasteiger charge is -2.06. The SMILES string of the molecule is Cc1ccc(NC(=O)CCC(=O)NN=Cc2cccc(Oc3ccccc3)c2)cc1. The van der Waals surface area contributed by atoms with Crippen molar-refractivity contribution in [2.75, 3.05) is 5.32 Å². The van der Waals surface area contributed by atoms with Crippen molar-refractivity contribution in [2.24, 2.45) is 5.10 Å². The molecule has 0 aromatic heterocycles. The number of para-hydroxylation sites is 1. The molecule has 3 aromatic carbocycles. The fourth-order valence-corrected chi connectivity index (χ4v) is 2.61. The van der Waals surface area contributed by atoms with Crippen molar-refractivity contribution in [3.8, 4) is 11.5 Å². The van der Waals surface area contributed by atoms with Crippen LogP contribution in [0.5, 0.6) is 11.5 Å². The lowest BCUT2D eigenvalue weighted by atomic mass is 10.2. The van der Waals surface area contributed by atoms with Gasteiger partial charge in [0.2, 0.25) is 11.8 Å². The number of nitrogens with zero attached hydrogens (tertiary/aromatic N) is 1. The van der Waals surface area contributed by atoms with Crippen LogP contribution >= 0.6 is 0 Å². The first-order valence-corrected chi connectivity index (χ1v) is 9.60. The molecular formula is C24H23N3O3. The predicted molar refractivity (Wildman–Crippen MR) is 118 cm³/mol. The highest BCUT2D eigenvalue weighted by Crippen LogP contribution is 2.21. The van der Waals surface area contributed by atoms with Gasteiger partial charge in [0.15, 0.2) is 0 Å². The molecule has 0 heterocycles. The van der Waals surface area contributed by atoms with E-state index in [0.717, 1.165) is 16.9 Å². The van der Waals surface area contributed by atoms with Crippen LogP contribution in [0, 0.1) is 6.92 Å². The molecule has 30 heavy (non-hydrogen) atoms. The summed E-state index contributed by atoms with van der Waals surface area (Å²) < 4.78 is 5.77. The van der Waals surface area contributed by atoms with Gasteiger partial charge in [-0.05, 0) is 48.9 Å². The van der Waals surface area contributed by atoms with Crippen molar-refractivity contribution < 1.29 is 14.3 Å². The molecule has 0 saturated carbocycles. The number of hydrogen-bond donors (Lipinski definition) is 2. The Bertz CT molecular complexity index is 1020. The van der Waals surface area contributed by atoms with E-state index in [-0.39, 0.29) is 24.7 Å². The molecule has 0 bridgehead atoms. The van der Waals surface area contributed by atoms with Crippen LogP contribution in [0.25, 0.3) is 0 Å². The molecule has 6 nitrogen and oxygen atoms in total. The molecule has 2 N–H and O–H groups in total. The van der Waals surface area contributed by atoms with Crippen LogP contribution in [0.2, 0.25) is 0 Å². The van der Waals surface area contributed by atoms with Gasteiger partial charge >= 0.3 is 0 Å². The second-order valence-corrected chi connectivity index (χ2v) is 6.69. The van der Waals surface area contributed by atoms with Gasteiger partial charge < -0.3 is 10.1 Å². The quantitative estimate of drug-likeness (QED) is 0.426. The van der Waals surface area contributed by atoms with E-state index >= 15 is 0 Å². The van der Waals surface area contributed by atoms with Gasteiger partial charge in [-0.15, -0.1) is 0 Å². The number of carbonyl (C=O) groups is 2. The van der Waals surface area contributed by atoms with E-state index in [2.05, 4.69) is 15.8 Å². The monoisotopic (exact) mass is 401 g/mol. The highest BCUT2D eigenvalue weighted by molar-refractivity contribution is 5.93. The average molecular weight is 401 g/mol. The first-order chi connectivity index (χ1) is 14.6. The predicted octanol–water partition coefficient (Wildman–Crippen LogP) is 4.66. The molecule has 0 spiro atoms. The molecule has 3 aromatic rings. The van der Waals surface area contributed by atoms with Crippen LogP contribution in [-0.4, -0.2) is 18.0 Å². The fourth-order valence-electron chi connectivity index (χ4n) is 2.61. The molecular weight excluding hydrogens is 378 g/mol. The first-order valence-electron chi connectivity index (χ1n) is 9.60. The van der Waals surface area contributed by atoms with Crippen molar-refractivity contribution >= 4 is 23.7 Å². The molecule has 2 amide bonds. The van der Waals surface area contributed by atoms with Gasteiger partial charge in [-0.25, -0.2) is 5.43 Å². The van der Waals surface area contributed by atoms with E-state index in [0.29, 0.717) is 11.4 Å². The normalized spacial score (nSPS) is 10.6. The lowest BCUT2D eigenvalue weighted by Crippen LogP contribution is -2.20. The number of anilines is 1. The highest BCUT2D eigenvalue weighted by Gasteiger charge is 2.06. The number of amides is 2. The molecule has 152 valence electrons. The summed E-state index contributed by atoms with van der Waals surface area (Å²) in [5.74, 6) is 0.860. The van der Waals surface area contributed by atoms with E-state index in [9.17, 15) is 9.59 Å². The number of nitrogens with one attached hydrogen (secondary N) is 2. The molecule has 0 fully saturated rings. The van der Waals surface area contributed by atoms with Gasteiger partial charge in [0.1, 0.15) is 11.5 Å². The molecule has 6 heteroatoms. The van der Waals surface area contributed by atoms with Gasteiger partial charge in [-0.1, -0.05) is 48.0 Å².